The van der Waals surface area contributed by atoms with E-state index in [4.69, 9.17) is 0 Å². The zero-order valence-electron chi connectivity index (χ0n) is 7.13. The van der Waals surface area contributed by atoms with E-state index in [1.54, 1.807) is 5.07 Å². The first-order valence-electron chi connectivity index (χ1n) is 3.64. The van der Waals surface area contributed by atoms with Crippen LogP contribution in [0.15, 0.2) is 15.9 Å². The number of aromatic nitrogens is 3. The van der Waals surface area contributed by atoms with Crippen molar-refractivity contribution in [3.63, 3.8) is 0 Å². The molecule has 0 radical (unpaired) electrons. The van der Waals surface area contributed by atoms with Gasteiger partial charge < -0.3 is 0 Å². The van der Waals surface area contributed by atoms with Gasteiger partial charge in [-0.2, -0.15) is 0 Å². The molecule has 2 aromatic heterocycles. The van der Waals surface area contributed by atoms with Gasteiger partial charge in [0, 0.05) is 0 Å². The van der Waals surface area contributed by atoms with Crippen molar-refractivity contribution < 1.29 is 9.53 Å². The molecule has 0 aliphatic heterocycles. The maximum absolute atomic E-state index is 11.2. The van der Waals surface area contributed by atoms with Crippen LogP contribution in [0.5, 0.6) is 0 Å². The number of fused-ring (bicyclic) bond motifs is 1. The predicted molar refractivity (Wildman–Crippen MR) is 47.5 cm³/mol. The summed E-state index contributed by atoms with van der Waals surface area (Å²) in [6.07, 6.45) is 0. The molecule has 0 aliphatic rings. The number of carbonyl (C=O) groups is 1. The molecule has 72 valence electrons. The summed E-state index contributed by atoms with van der Waals surface area (Å²) in [6, 6.07) is 1.12. The van der Waals surface area contributed by atoms with E-state index in [-0.39, 0.29) is 20.2 Å². The fourth-order valence-electron chi connectivity index (χ4n) is 1.01. The van der Waals surface area contributed by atoms with Gasteiger partial charge in [-0.3, -0.25) is 0 Å². The van der Waals surface area contributed by atoms with Crippen molar-refractivity contribution in [2.45, 2.75) is 0 Å². The van der Waals surface area contributed by atoms with Crippen molar-refractivity contribution in [1.82, 2.24) is 14.6 Å². The van der Waals surface area contributed by atoms with E-state index >= 15 is 0 Å². The van der Waals surface area contributed by atoms with Crippen molar-refractivity contribution in [2.24, 2.45) is 0 Å². The summed E-state index contributed by atoms with van der Waals surface area (Å²) < 4.78 is 6.38. The van der Waals surface area contributed by atoms with E-state index in [1.165, 1.54) is 11.6 Å². The third kappa shape index (κ3) is 1.36. The van der Waals surface area contributed by atoms with Gasteiger partial charge in [-0.15, -0.1) is 0 Å². The fourth-order valence-corrected chi connectivity index (χ4v) is 2.32. The van der Waals surface area contributed by atoms with E-state index in [1.807, 2.05) is 0 Å². The zero-order chi connectivity index (χ0) is 10.1. The van der Waals surface area contributed by atoms with Gasteiger partial charge in [0.15, 0.2) is 0 Å². The SMILES string of the molecule is COC(=O)c1cc(=O)nc2[se]cnn12. The van der Waals surface area contributed by atoms with Crippen LogP contribution >= 0.6 is 0 Å². The average Bonchev–Trinajstić information content (AvgIpc) is 2.62. The van der Waals surface area contributed by atoms with Crippen molar-refractivity contribution >= 4 is 25.0 Å². The molecule has 2 aromatic rings. The Morgan fingerprint density at radius 1 is 1.64 bits per heavy atom. The first-order valence-corrected chi connectivity index (χ1v) is 5.49. The third-order valence-electron chi connectivity index (χ3n) is 1.59. The number of ether oxygens (including phenoxy) is 1. The number of rotatable bonds is 1. The normalized spacial score (nSPS) is 10.4. The molecule has 14 heavy (non-hydrogen) atoms. The Balaban J connectivity index is 2.79. The van der Waals surface area contributed by atoms with Crippen LogP contribution in [0.3, 0.4) is 0 Å². The summed E-state index contributed by atoms with van der Waals surface area (Å²) in [4.78, 5) is 26.1. The Morgan fingerprint density at radius 3 is 3.14 bits per heavy atom. The van der Waals surface area contributed by atoms with Crippen molar-refractivity contribution in [3.8, 4) is 0 Å². The second-order valence-electron chi connectivity index (χ2n) is 2.40. The molecule has 7 heteroatoms. The van der Waals surface area contributed by atoms with Crippen LogP contribution in [0.4, 0.5) is 0 Å². The van der Waals surface area contributed by atoms with Gasteiger partial charge >= 0.3 is 83.4 Å². The van der Waals surface area contributed by atoms with Crippen LogP contribution in [0.2, 0.25) is 0 Å². The Hall–Kier alpha value is -1.46. The topological polar surface area (TPSA) is 73.6 Å². The number of carbonyl (C=O) groups excluding carboxylic acids is 1. The van der Waals surface area contributed by atoms with Crippen molar-refractivity contribution in [2.75, 3.05) is 7.11 Å². The Labute approximate surface area is 83.9 Å². The van der Waals surface area contributed by atoms with Gasteiger partial charge in [-0.1, -0.05) is 0 Å². The number of nitrogens with zero attached hydrogens (tertiary/aromatic N) is 3. The average molecular weight is 258 g/mol. The quantitative estimate of drug-likeness (QED) is 0.481. The predicted octanol–water partition coefficient (Wildman–Crippen LogP) is -1.07. The molecule has 0 aromatic carbocycles. The molecule has 0 aliphatic carbocycles. The summed E-state index contributed by atoms with van der Waals surface area (Å²) in [6.45, 7) is 0. The van der Waals surface area contributed by atoms with Gasteiger partial charge in [-0.25, -0.2) is 0 Å². The van der Waals surface area contributed by atoms with Gasteiger partial charge in [0.05, 0.1) is 0 Å². The van der Waals surface area contributed by atoms with Crippen LogP contribution < -0.4 is 5.56 Å². The summed E-state index contributed by atoms with van der Waals surface area (Å²) in [7, 11) is 1.25. The molecule has 6 nitrogen and oxygen atoms in total. The van der Waals surface area contributed by atoms with E-state index in [0.29, 0.717) is 4.52 Å². The number of esters is 1. The van der Waals surface area contributed by atoms with Gasteiger partial charge in [0.1, 0.15) is 0 Å². The number of hydrogen-bond donors (Lipinski definition) is 0. The summed E-state index contributed by atoms with van der Waals surface area (Å²) in [5.41, 5.74) is -0.317. The van der Waals surface area contributed by atoms with Crippen LogP contribution in [-0.2, 0) is 4.74 Å². The van der Waals surface area contributed by atoms with Crippen molar-refractivity contribution in [1.29, 1.82) is 0 Å². The van der Waals surface area contributed by atoms with E-state index in [9.17, 15) is 9.59 Å². The Kier molecular flexibility index (Phi) is 2.18. The zero-order valence-corrected chi connectivity index (χ0v) is 8.84. The molecule has 0 saturated carbocycles. The summed E-state index contributed by atoms with van der Waals surface area (Å²) in [5.74, 6) is -0.583. The molecular formula is C7H5N3O3Se. The van der Waals surface area contributed by atoms with Gasteiger partial charge in [0.2, 0.25) is 0 Å². The molecular weight excluding hydrogens is 253 g/mol. The van der Waals surface area contributed by atoms with E-state index in [0.717, 1.165) is 6.07 Å². The second kappa shape index (κ2) is 3.36. The molecule has 0 unspecified atom stereocenters. The second-order valence-corrected chi connectivity index (χ2v) is 4.11. The molecule has 0 saturated heterocycles. The minimum absolute atomic E-state index is 0.0802. The first-order chi connectivity index (χ1) is 6.72. The molecule has 2 heterocycles. The monoisotopic (exact) mass is 259 g/mol. The summed E-state index contributed by atoms with van der Waals surface area (Å²) in [5, 5.41) is 5.57. The fraction of sp³-hybridized carbons (Fsp3) is 0.143. The number of methoxy groups -OCH3 is 1. The van der Waals surface area contributed by atoms with Crippen LogP contribution in [-0.4, -0.2) is 42.2 Å². The van der Waals surface area contributed by atoms with Crippen LogP contribution in [0.25, 0.3) is 4.52 Å². The molecule has 0 N–H and O–H groups in total. The first kappa shape index (κ1) is 9.11. The van der Waals surface area contributed by atoms with E-state index < -0.39 is 11.5 Å². The Morgan fingerprint density at radius 2 is 2.43 bits per heavy atom. The molecule has 0 spiro atoms. The summed E-state index contributed by atoms with van der Waals surface area (Å²) >= 11 is -0.0802. The van der Waals surface area contributed by atoms with E-state index in [2.05, 4.69) is 14.8 Å². The molecule has 0 fully saturated rings. The van der Waals surface area contributed by atoms with Gasteiger partial charge in [-0.05, 0) is 0 Å². The third-order valence-corrected chi connectivity index (χ3v) is 3.01. The maximum atomic E-state index is 11.2. The van der Waals surface area contributed by atoms with Crippen LogP contribution in [0, 0.1) is 0 Å². The molecule has 0 bridgehead atoms. The number of hydrogen-bond acceptors (Lipinski definition) is 5. The van der Waals surface area contributed by atoms with Crippen LogP contribution in [0.1, 0.15) is 10.5 Å². The standard InChI is InChI=1S/C7H5N3O3Se/c1-13-6(12)4-2-5(11)9-7-10(4)8-3-14-7/h2-3H,1H3. The van der Waals surface area contributed by atoms with Crippen molar-refractivity contribution in [3.05, 3.63) is 27.2 Å². The Bertz CT molecular complexity index is 544. The molecule has 0 atom stereocenters. The minimum atomic E-state index is -0.583. The van der Waals surface area contributed by atoms with Gasteiger partial charge in [0.25, 0.3) is 0 Å². The molecule has 0 amide bonds. The molecule has 2 rings (SSSR count).